The molecule has 3 N–H and O–H groups in total. The van der Waals surface area contributed by atoms with Crippen molar-refractivity contribution in [3.05, 3.63) is 58.1 Å². The largest absolute Gasteiger partial charge is 0.416 e. The maximum atomic E-state index is 12.8. The maximum Gasteiger partial charge on any atom is 0.416 e. The number of nitrogens with zero attached hydrogens (tertiary/aromatic N) is 2. The van der Waals surface area contributed by atoms with E-state index in [4.69, 9.17) is 0 Å². The van der Waals surface area contributed by atoms with Gasteiger partial charge in [-0.15, -0.1) is 0 Å². The van der Waals surface area contributed by atoms with Gasteiger partial charge in [-0.05, 0) is 31.2 Å². The number of hydrogen-bond donors (Lipinski definition) is 3. The average Bonchev–Trinajstić information content (AvgIpc) is 3.03. The van der Waals surface area contributed by atoms with Crippen LogP contribution in [0.3, 0.4) is 0 Å². The second kappa shape index (κ2) is 7.18. The number of nitro groups is 1. The van der Waals surface area contributed by atoms with Crippen LogP contribution in [0.15, 0.2) is 42.5 Å². The highest BCUT2D eigenvalue weighted by Gasteiger charge is 2.33. The SMILES string of the molecule is CC(Nc1ccc(C(F)(F)F)cc1[N+](=O)[O-])C(=O)Nc1nc2ccccc2[nH]1. The van der Waals surface area contributed by atoms with Crippen LogP contribution in [0.1, 0.15) is 12.5 Å². The van der Waals surface area contributed by atoms with Crippen molar-refractivity contribution in [3.8, 4) is 0 Å². The molecule has 0 bridgehead atoms. The Hall–Kier alpha value is -3.63. The van der Waals surface area contributed by atoms with Crippen LogP contribution in [-0.4, -0.2) is 26.8 Å². The third-order valence-corrected chi connectivity index (χ3v) is 3.92. The van der Waals surface area contributed by atoms with Crippen molar-refractivity contribution in [1.29, 1.82) is 0 Å². The number of anilines is 2. The van der Waals surface area contributed by atoms with Crippen LogP contribution in [0, 0.1) is 10.1 Å². The number of aromatic amines is 1. The van der Waals surface area contributed by atoms with Gasteiger partial charge in [0, 0.05) is 6.07 Å². The molecule has 3 aromatic rings. The molecule has 0 aliphatic heterocycles. The number of halogens is 3. The number of nitro benzene ring substituents is 1. The molecule has 2 aromatic carbocycles. The van der Waals surface area contributed by atoms with Gasteiger partial charge in [-0.2, -0.15) is 13.2 Å². The van der Waals surface area contributed by atoms with E-state index in [2.05, 4.69) is 20.6 Å². The lowest BCUT2D eigenvalue weighted by Gasteiger charge is -2.15. The molecule has 0 fully saturated rings. The van der Waals surface area contributed by atoms with Gasteiger partial charge < -0.3 is 10.3 Å². The molecule has 0 radical (unpaired) electrons. The van der Waals surface area contributed by atoms with Crippen LogP contribution in [0.25, 0.3) is 11.0 Å². The molecule has 0 aliphatic rings. The third-order valence-electron chi connectivity index (χ3n) is 3.92. The summed E-state index contributed by atoms with van der Waals surface area (Å²) in [6, 6.07) is 8.16. The van der Waals surface area contributed by atoms with Crippen LogP contribution in [0.4, 0.5) is 30.5 Å². The predicted octanol–water partition coefficient (Wildman–Crippen LogP) is 3.93. The zero-order chi connectivity index (χ0) is 20.5. The monoisotopic (exact) mass is 393 g/mol. The van der Waals surface area contributed by atoms with Crippen molar-refractivity contribution < 1.29 is 22.9 Å². The summed E-state index contributed by atoms with van der Waals surface area (Å²) in [5.41, 5.74) is -0.791. The Balaban J connectivity index is 1.76. The summed E-state index contributed by atoms with van der Waals surface area (Å²) in [7, 11) is 0. The first-order valence-corrected chi connectivity index (χ1v) is 8.03. The number of fused-ring (bicyclic) bond motifs is 1. The highest BCUT2D eigenvalue weighted by atomic mass is 19.4. The molecular formula is C17H14F3N5O3. The predicted molar refractivity (Wildman–Crippen MR) is 95.9 cm³/mol. The first-order chi connectivity index (χ1) is 13.1. The second-order valence-electron chi connectivity index (χ2n) is 5.94. The minimum Gasteiger partial charge on any atom is -0.368 e. The number of H-pyrrole nitrogens is 1. The number of carbonyl (C=O) groups excluding carboxylic acids is 1. The summed E-state index contributed by atoms with van der Waals surface area (Å²) in [6.07, 6.45) is -4.71. The average molecular weight is 393 g/mol. The Morgan fingerprint density at radius 2 is 1.96 bits per heavy atom. The van der Waals surface area contributed by atoms with Gasteiger partial charge in [0.2, 0.25) is 11.9 Å². The molecule has 11 heteroatoms. The number of nitrogens with one attached hydrogen (secondary N) is 3. The molecule has 1 amide bonds. The standard InChI is InChI=1S/C17H14F3N5O3/c1-9(15(26)24-16-22-11-4-2-3-5-12(11)23-16)21-13-7-6-10(17(18,19)20)8-14(13)25(27)28/h2-9,21H,1H3,(H2,22,23,24,26). The molecule has 28 heavy (non-hydrogen) atoms. The highest BCUT2D eigenvalue weighted by molar-refractivity contribution is 5.96. The van der Waals surface area contributed by atoms with Crippen LogP contribution < -0.4 is 10.6 Å². The van der Waals surface area contributed by atoms with Crippen molar-refractivity contribution in [1.82, 2.24) is 9.97 Å². The van der Waals surface area contributed by atoms with Crippen LogP contribution in [-0.2, 0) is 11.0 Å². The molecule has 0 spiro atoms. The van der Waals surface area contributed by atoms with Gasteiger partial charge in [-0.25, -0.2) is 4.98 Å². The smallest absolute Gasteiger partial charge is 0.368 e. The number of para-hydroxylation sites is 2. The van der Waals surface area contributed by atoms with E-state index in [1.165, 1.54) is 6.92 Å². The minimum atomic E-state index is -4.71. The summed E-state index contributed by atoms with van der Waals surface area (Å²) in [6.45, 7) is 1.42. The number of imidazole rings is 1. The quantitative estimate of drug-likeness (QED) is 0.449. The van der Waals surface area contributed by atoms with Crippen LogP contribution in [0.5, 0.6) is 0 Å². The molecule has 3 rings (SSSR count). The summed E-state index contributed by atoms with van der Waals surface area (Å²) < 4.78 is 38.3. The van der Waals surface area contributed by atoms with E-state index in [-0.39, 0.29) is 11.6 Å². The van der Waals surface area contributed by atoms with Crippen molar-refractivity contribution in [2.75, 3.05) is 10.6 Å². The fourth-order valence-corrected chi connectivity index (χ4v) is 2.52. The lowest BCUT2D eigenvalue weighted by Crippen LogP contribution is -2.32. The number of carbonyl (C=O) groups is 1. The first kappa shape index (κ1) is 19.1. The fourth-order valence-electron chi connectivity index (χ4n) is 2.52. The Morgan fingerprint density at radius 3 is 2.61 bits per heavy atom. The van der Waals surface area contributed by atoms with Crippen molar-refractivity contribution in [2.24, 2.45) is 0 Å². The number of alkyl halides is 3. The normalized spacial score (nSPS) is 12.6. The molecule has 1 atom stereocenters. The molecular weight excluding hydrogens is 379 g/mol. The Labute approximate surface area is 155 Å². The molecule has 1 heterocycles. The molecule has 1 unspecified atom stereocenters. The maximum absolute atomic E-state index is 12.8. The number of hydrogen-bond acceptors (Lipinski definition) is 5. The van der Waals surface area contributed by atoms with Gasteiger partial charge in [0.15, 0.2) is 0 Å². The summed E-state index contributed by atoms with van der Waals surface area (Å²) in [4.78, 5) is 29.6. The van der Waals surface area contributed by atoms with Gasteiger partial charge in [0.25, 0.3) is 5.69 Å². The summed E-state index contributed by atoms with van der Waals surface area (Å²) in [5, 5.41) is 16.2. The van der Waals surface area contributed by atoms with E-state index in [1.807, 2.05) is 0 Å². The van der Waals surface area contributed by atoms with Crippen LogP contribution in [0.2, 0.25) is 0 Å². The van der Waals surface area contributed by atoms with Crippen molar-refractivity contribution in [3.63, 3.8) is 0 Å². The third kappa shape index (κ3) is 4.03. The van der Waals surface area contributed by atoms with E-state index < -0.39 is 34.3 Å². The fraction of sp³-hybridized carbons (Fsp3) is 0.176. The van der Waals surface area contributed by atoms with E-state index >= 15 is 0 Å². The number of amides is 1. The van der Waals surface area contributed by atoms with Crippen LogP contribution >= 0.6 is 0 Å². The highest BCUT2D eigenvalue weighted by Crippen LogP contribution is 2.35. The van der Waals surface area contributed by atoms with Crippen molar-refractivity contribution >= 4 is 34.3 Å². The topological polar surface area (TPSA) is 113 Å². The molecule has 0 aliphatic carbocycles. The number of aromatic nitrogens is 2. The minimum absolute atomic E-state index is 0.182. The van der Waals surface area contributed by atoms with E-state index in [0.717, 1.165) is 6.07 Å². The molecule has 0 saturated carbocycles. The molecule has 0 saturated heterocycles. The van der Waals surface area contributed by atoms with Crippen molar-refractivity contribution in [2.45, 2.75) is 19.1 Å². The summed E-state index contributed by atoms with van der Waals surface area (Å²) >= 11 is 0. The first-order valence-electron chi connectivity index (χ1n) is 8.03. The molecule has 8 nitrogen and oxygen atoms in total. The zero-order valence-electron chi connectivity index (χ0n) is 14.4. The number of rotatable bonds is 5. The molecule has 1 aromatic heterocycles. The molecule has 146 valence electrons. The Bertz CT molecular complexity index is 1010. The summed E-state index contributed by atoms with van der Waals surface area (Å²) in [5.74, 6) is -0.393. The van der Waals surface area contributed by atoms with Gasteiger partial charge in [0.05, 0.1) is 21.5 Å². The zero-order valence-corrected chi connectivity index (χ0v) is 14.4. The van der Waals surface area contributed by atoms with Gasteiger partial charge >= 0.3 is 6.18 Å². The van der Waals surface area contributed by atoms with Gasteiger partial charge in [-0.3, -0.25) is 20.2 Å². The lowest BCUT2D eigenvalue weighted by molar-refractivity contribution is -0.384. The number of benzene rings is 2. The van der Waals surface area contributed by atoms with E-state index in [1.54, 1.807) is 24.3 Å². The van der Waals surface area contributed by atoms with E-state index in [9.17, 15) is 28.1 Å². The second-order valence-corrected chi connectivity index (χ2v) is 5.94. The lowest BCUT2D eigenvalue weighted by atomic mass is 10.1. The van der Waals surface area contributed by atoms with Gasteiger partial charge in [-0.1, -0.05) is 12.1 Å². The Kier molecular flexibility index (Phi) is 4.91. The van der Waals surface area contributed by atoms with Gasteiger partial charge in [0.1, 0.15) is 11.7 Å². The Morgan fingerprint density at radius 1 is 1.25 bits per heavy atom. The van der Waals surface area contributed by atoms with E-state index in [0.29, 0.717) is 23.2 Å².